The summed E-state index contributed by atoms with van der Waals surface area (Å²) in [6, 6.07) is -0.832. The monoisotopic (exact) mass is 386 g/mol. The lowest BCUT2D eigenvalue weighted by molar-refractivity contribution is -0.134. The molecule has 1 aliphatic heterocycles. The maximum absolute atomic E-state index is 12.0. The Bertz CT molecular complexity index is 496. The van der Waals surface area contributed by atoms with Crippen molar-refractivity contribution in [3.05, 3.63) is 0 Å². The Balaban J connectivity index is 1.73. The van der Waals surface area contributed by atoms with E-state index in [1.165, 1.54) is 18.2 Å². The number of carbonyl (C=O) groups is 3. The fraction of sp³-hybridized carbons (Fsp3) is 0.833. The largest absolute Gasteiger partial charge is 0.481 e. The second-order valence-corrected chi connectivity index (χ2v) is 8.30. The van der Waals surface area contributed by atoms with Gasteiger partial charge in [0.1, 0.15) is 6.04 Å². The zero-order valence-corrected chi connectivity index (χ0v) is 16.0. The molecule has 3 amide bonds. The van der Waals surface area contributed by atoms with Crippen molar-refractivity contribution < 1.29 is 24.6 Å². The van der Waals surface area contributed by atoms with Crippen LogP contribution in [0.4, 0.5) is 4.79 Å². The molecule has 148 valence electrons. The summed E-state index contributed by atoms with van der Waals surface area (Å²) in [4.78, 5) is 36.1. The van der Waals surface area contributed by atoms with Gasteiger partial charge < -0.3 is 15.1 Å². The number of unbranched alkanes of at least 4 members (excludes halogenated alkanes) is 1. The van der Waals surface area contributed by atoms with Crippen molar-refractivity contribution in [2.75, 3.05) is 18.1 Å². The fourth-order valence-electron chi connectivity index (χ4n) is 3.82. The molecule has 0 aromatic rings. The van der Waals surface area contributed by atoms with Gasteiger partial charge in [-0.25, -0.2) is 4.79 Å². The van der Waals surface area contributed by atoms with Crippen LogP contribution in [0.2, 0.25) is 0 Å². The Morgan fingerprint density at radius 3 is 2.65 bits per heavy atom. The number of aliphatic hydroxyl groups is 1. The Hall–Kier alpha value is -1.28. The molecule has 2 atom stereocenters. The smallest absolute Gasteiger partial charge is 0.324 e. The van der Waals surface area contributed by atoms with Gasteiger partial charge in [0.25, 0.3) is 5.91 Å². The zero-order valence-electron chi connectivity index (χ0n) is 15.2. The normalized spacial score (nSPS) is 22.5. The standard InChI is InChI=1S/C18H30N2O5S/c21-15(13-6-2-1-3-7-13)9-10-20-14(17(24)19-18(20)25)8-4-5-11-26-12-16(22)23/h13-15,21H,1-12H2,(H,22,23)(H,19,24,25)/t14-,15+/m0/s1. The molecule has 1 heterocycles. The number of amides is 3. The van der Waals surface area contributed by atoms with Crippen LogP contribution in [0.5, 0.6) is 0 Å². The highest BCUT2D eigenvalue weighted by molar-refractivity contribution is 7.99. The predicted octanol–water partition coefficient (Wildman–Crippen LogP) is 2.23. The minimum absolute atomic E-state index is 0.0909. The number of nitrogens with one attached hydrogen (secondary N) is 1. The van der Waals surface area contributed by atoms with E-state index in [4.69, 9.17) is 5.11 Å². The topological polar surface area (TPSA) is 107 Å². The Labute approximate surface area is 158 Å². The molecule has 2 rings (SSSR count). The van der Waals surface area contributed by atoms with Crippen LogP contribution in [0.1, 0.15) is 57.8 Å². The number of aliphatic carboxylic acids is 1. The number of thioether (sulfide) groups is 1. The first-order valence-electron chi connectivity index (χ1n) is 9.58. The van der Waals surface area contributed by atoms with Crippen molar-refractivity contribution in [3.63, 3.8) is 0 Å². The van der Waals surface area contributed by atoms with Crippen LogP contribution in [-0.4, -0.2) is 63.2 Å². The van der Waals surface area contributed by atoms with Gasteiger partial charge in [0.15, 0.2) is 0 Å². The van der Waals surface area contributed by atoms with E-state index in [0.29, 0.717) is 25.3 Å². The number of urea groups is 1. The number of imide groups is 1. The van der Waals surface area contributed by atoms with Gasteiger partial charge in [-0.2, -0.15) is 11.8 Å². The van der Waals surface area contributed by atoms with Crippen molar-refractivity contribution in [1.82, 2.24) is 10.2 Å². The van der Waals surface area contributed by atoms with Crippen LogP contribution in [-0.2, 0) is 9.59 Å². The van der Waals surface area contributed by atoms with Gasteiger partial charge in [-0.1, -0.05) is 25.7 Å². The molecule has 2 aliphatic rings. The number of rotatable bonds is 11. The fourth-order valence-corrected chi connectivity index (χ4v) is 4.54. The summed E-state index contributed by atoms with van der Waals surface area (Å²) in [5, 5.41) is 21.4. The van der Waals surface area contributed by atoms with Crippen LogP contribution in [0, 0.1) is 5.92 Å². The lowest BCUT2D eigenvalue weighted by Crippen LogP contribution is -2.38. The van der Waals surface area contributed by atoms with Crippen molar-refractivity contribution in [2.24, 2.45) is 5.92 Å². The molecule has 26 heavy (non-hydrogen) atoms. The third kappa shape index (κ3) is 6.46. The van der Waals surface area contributed by atoms with Crippen molar-refractivity contribution >= 4 is 29.7 Å². The molecule has 1 saturated heterocycles. The number of nitrogens with zero attached hydrogens (tertiary/aromatic N) is 1. The van der Waals surface area contributed by atoms with E-state index in [1.807, 2.05) is 0 Å². The van der Waals surface area contributed by atoms with E-state index in [-0.39, 0.29) is 17.7 Å². The van der Waals surface area contributed by atoms with E-state index >= 15 is 0 Å². The van der Waals surface area contributed by atoms with Crippen LogP contribution >= 0.6 is 11.8 Å². The van der Waals surface area contributed by atoms with Gasteiger partial charge in [-0.15, -0.1) is 0 Å². The second-order valence-electron chi connectivity index (χ2n) is 7.20. The summed E-state index contributed by atoms with van der Waals surface area (Å²) in [5.41, 5.74) is 0. The van der Waals surface area contributed by atoms with E-state index in [9.17, 15) is 19.5 Å². The lowest BCUT2D eigenvalue weighted by atomic mass is 9.84. The summed E-state index contributed by atoms with van der Waals surface area (Å²) in [6.07, 6.45) is 7.90. The number of carbonyl (C=O) groups excluding carboxylic acids is 2. The van der Waals surface area contributed by atoms with E-state index in [1.54, 1.807) is 4.90 Å². The summed E-state index contributed by atoms with van der Waals surface area (Å²) < 4.78 is 0. The molecule has 0 aromatic heterocycles. The van der Waals surface area contributed by atoms with Crippen molar-refractivity contribution in [2.45, 2.75) is 69.9 Å². The van der Waals surface area contributed by atoms with Gasteiger partial charge in [0, 0.05) is 6.54 Å². The van der Waals surface area contributed by atoms with Crippen molar-refractivity contribution in [3.8, 4) is 0 Å². The summed E-state index contributed by atoms with van der Waals surface area (Å²) in [6.45, 7) is 0.396. The van der Waals surface area contributed by atoms with Crippen LogP contribution in [0.3, 0.4) is 0 Å². The molecule has 2 fully saturated rings. The first-order valence-corrected chi connectivity index (χ1v) is 10.7. The minimum Gasteiger partial charge on any atom is -0.481 e. The van der Waals surface area contributed by atoms with E-state index < -0.39 is 18.1 Å². The van der Waals surface area contributed by atoms with E-state index in [2.05, 4.69) is 5.32 Å². The number of carboxylic acids is 1. The maximum Gasteiger partial charge on any atom is 0.324 e. The zero-order chi connectivity index (χ0) is 18.9. The summed E-state index contributed by atoms with van der Waals surface area (Å²) in [7, 11) is 0. The maximum atomic E-state index is 12.0. The predicted molar refractivity (Wildman–Crippen MR) is 100 cm³/mol. The summed E-state index contributed by atoms with van der Waals surface area (Å²) in [5.74, 6) is 0.0522. The number of hydrogen-bond donors (Lipinski definition) is 3. The number of aliphatic hydroxyl groups excluding tert-OH is 1. The minimum atomic E-state index is -0.821. The first-order chi connectivity index (χ1) is 12.5. The number of carboxylic acid groups (broad SMARTS) is 1. The molecule has 0 spiro atoms. The third-order valence-electron chi connectivity index (χ3n) is 5.27. The molecule has 0 unspecified atom stereocenters. The average Bonchev–Trinajstić information content (AvgIpc) is 2.89. The molecule has 8 heteroatoms. The van der Waals surface area contributed by atoms with E-state index in [0.717, 1.165) is 44.3 Å². The van der Waals surface area contributed by atoms with Crippen molar-refractivity contribution in [1.29, 1.82) is 0 Å². The third-order valence-corrected chi connectivity index (χ3v) is 6.30. The quantitative estimate of drug-likeness (QED) is 0.371. The van der Waals surface area contributed by atoms with Gasteiger partial charge in [-0.3, -0.25) is 14.9 Å². The number of hydrogen-bond acceptors (Lipinski definition) is 5. The van der Waals surface area contributed by atoms with Crippen LogP contribution in [0.25, 0.3) is 0 Å². The molecule has 3 N–H and O–H groups in total. The Kier molecular flexibility index (Phi) is 8.71. The molecule has 0 radical (unpaired) electrons. The Morgan fingerprint density at radius 1 is 1.23 bits per heavy atom. The van der Waals surface area contributed by atoms with Gasteiger partial charge >= 0.3 is 12.0 Å². The second kappa shape index (κ2) is 10.8. The molecule has 0 bridgehead atoms. The molecule has 7 nitrogen and oxygen atoms in total. The van der Waals surface area contributed by atoms with Crippen LogP contribution in [0.15, 0.2) is 0 Å². The van der Waals surface area contributed by atoms with Gasteiger partial charge in [0.05, 0.1) is 11.9 Å². The highest BCUT2D eigenvalue weighted by Crippen LogP contribution is 2.28. The van der Waals surface area contributed by atoms with Gasteiger partial charge in [-0.05, 0) is 43.8 Å². The molecule has 1 saturated carbocycles. The SMILES string of the molecule is O=C(O)CSCCCC[C@H]1C(=O)NC(=O)N1CC[C@@H](O)C1CCCCC1. The molecular formula is C18H30N2O5S. The lowest BCUT2D eigenvalue weighted by Gasteiger charge is -2.29. The average molecular weight is 387 g/mol. The Morgan fingerprint density at radius 2 is 1.96 bits per heavy atom. The van der Waals surface area contributed by atoms with Gasteiger partial charge in [0.2, 0.25) is 0 Å². The molecule has 0 aromatic carbocycles. The molecular weight excluding hydrogens is 356 g/mol. The summed E-state index contributed by atoms with van der Waals surface area (Å²) >= 11 is 1.36. The highest BCUT2D eigenvalue weighted by atomic mass is 32.2. The van der Waals surface area contributed by atoms with Crippen LogP contribution < -0.4 is 5.32 Å². The first kappa shape index (κ1) is 21.0. The molecule has 1 aliphatic carbocycles. The highest BCUT2D eigenvalue weighted by Gasteiger charge is 2.38.